The molecule has 0 N–H and O–H groups in total. The fourth-order valence-corrected chi connectivity index (χ4v) is 16.7. The van der Waals surface area contributed by atoms with Gasteiger partial charge in [-0.3, -0.25) is 0 Å². The van der Waals surface area contributed by atoms with Crippen LogP contribution in [0, 0.1) is 94.7 Å². The molecule has 0 fully saturated rings. The molecule has 0 saturated carbocycles. The molecule has 0 amide bonds. The minimum Gasteiger partial charge on any atom is -0.249 e. The molecular formula is C118H228N24. The standard InChI is InChI=1S/2C17H33N3.6C14H27N3/c2*1-15(2)10-8-6-5-7-9-11-17-14-18-19-20(17)13-12-16(3)4;2*1-12(2)7-5-9-14-11-15-16-17(14)10-6-8-13(3)4;2*1-12(2)7-5-6-8-14-11-15-16-17(14)10-9-13(3)4;2*1-12(2)8-6-5-7-9-14-10-15-16-17(14)11-13(3)4/h2*14-16H,5-13H2,1-4H3;4*11-13H,5-10H2,1-4H3;2*10,12-13H,5-9,11H2,1-4H3. The Kier molecular flexibility index (Phi) is 79.8. The summed E-state index contributed by atoms with van der Waals surface area (Å²) in [5, 5.41) is 65.7. The highest BCUT2D eigenvalue weighted by atomic mass is 15.5. The van der Waals surface area contributed by atoms with Gasteiger partial charge in [-0.1, -0.05) is 405 Å². The number of rotatable bonds is 70. The Labute approximate surface area is 873 Å². The van der Waals surface area contributed by atoms with Crippen molar-refractivity contribution in [1.82, 2.24) is 120 Å². The van der Waals surface area contributed by atoms with Crippen LogP contribution in [0.15, 0.2) is 49.6 Å². The Morgan fingerprint density at radius 3 is 0.465 bits per heavy atom. The van der Waals surface area contributed by atoms with Crippen LogP contribution in [0.25, 0.3) is 0 Å². The van der Waals surface area contributed by atoms with Crippen molar-refractivity contribution in [2.24, 2.45) is 94.7 Å². The van der Waals surface area contributed by atoms with E-state index in [0.717, 1.165) is 187 Å². The number of nitrogens with zero attached hydrogens (tertiary/aromatic N) is 24. The summed E-state index contributed by atoms with van der Waals surface area (Å²) in [6, 6.07) is 0. The third-order valence-corrected chi connectivity index (χ3v) is 25.9. The van der Waals surface area contributed by atoms with Crippen LogP contribution in [-0.4, -0.2) is 120 Å². The molecule has 0 aromatic carbocycles. The molecule has 24 heteroatoms. The molecule has 8 aromatic heterocycles. The molecule has 8 heterocycles. The highest BCUT2D eigenvalue weighted by molar-refractivity contribution is 5.00. The van der Waals surface area contributed by atoms with Crippen molar-refractivity contribution in [1.29, 1.82) is 0 Å². The summed E-state index contributed by atoms with van der Waals surface area (Å²) in [4.78, 5) is 0. The predicted molar refractivity (Wildman–Crippen MR) is 603 cm³/mol. The molecule has 0 spiro atoms. The maximum atomic E-state index is 4.20. The smallest absolute Gasteiger partial charge is 0.0725 e. The Morgan fingerprint density at radius 2 is 0.268 bits per heavy atom. The zero-order valence-corrected chi connectivity index (χ0v) is 98.8. The zero-order chi connectivity index (χ0) is 106. The predicted octanol–water partition coefficient (Wildman–Crippen LogP) is 31.9. The van der Waals surface area contributed by atoms with Gasteiger partial charge in [-0.05, 0) is 249 Å². The number of hydrogen-bond donors (Lipinski definition) is 0. The van der Waals surface area contributed by atoms with Crippen molar-refractivity contribution < 1.29 is 0 Å². The van der Waals surface area contributed by atoms with E-state index in [2.05, 4.69) is 342 Å². The van der Waals surface area contributed by atoms with Gasteiger partial charge in [0.15, 0.2) is 0 Å². The summed E-state index contributed by atoms with van der Waals surface area (Å²) in [6.07, 6.45) is 73.9. The summed E-state index contributed by atoms with van der Waals surface area (Å²) in [5.41, 5.74) is 10.4. The molecule has 0 unspecified atom stereocenters. The minimum absolute atomic E-state index is 0.636. The molecule has 0 bridgehead atoms. The second-order valence-electron chi connectivity index (χ2n) is 48.3. The van der Waals surface area contributed by atoms with Gasteiger partial charge in [-0.25, -0.2) is 37.5 Å². The summed E-state index contributed by atoms with van der Waals surface area (Å²) < 4.78 is 16.6. The van der Waals surface area contributed by atoms with E-state index in [1.54, 1.807) is 0 Å². The summed E-state index contributed by atoms with van der Waals surface area (Å²) in [5.74, 6) is 12.4. The van der Waals surface area contributed by atoms with Crippen molar-refractivity contribution in [2.75, 3.05) is 0 Å². The van der Waals surface area contributed by atoms with E-state index in [9.17, 15) is 0 Å². The lowest BCUT2D eigenvalue weighted by Gasteiger charge is -2.08. The van der Waals surface area contributed by atoms with Gasteiger partial charge in [0.2, 0.25) is 0 Å². The Morgan fingerprint density at radius 1 is 0.134 bits per heavy atom. The second-order valence-corrected chi connectivity index (χ2v) is 48.3. The Hall–Kier alpha value is -6.88. The van der Waals surface area contributed by atoms with Crippen molar-refractivity contribution in [3.05, 3.63) is 95.1 Å². The molecular weight excluding hydrogens is 1750 g/mol. The van der Waals surface area contributed by atoms with Gasteiger partial charge >= 0.3 is 0 Å². The second kappa shape index (κ2) is 85.1. The third kappa shape index (κ3) is 75.8. The first-order valence-corrected chi connectivity index (χ1v) is 58.7. The van der Waals surface area contributed by atoms with Gasteiger partial charge in [0.1, 0.15) is 0 Å². The highest BCUT2D eigenvalue weighted by Crippen LogP contribution is 2.22. The van der Waals surface area contributed by atoms with Crippen LogP contribution >= 0.6 is 0 Å². The van der Waals surface area contributed by atoms with Crippen molar-refractivity contribution in [3.8, 4) is 0 Å². The van der Waals surface area contributed by atoms with Gasteiger partial charge in [0.25, 0.3) is 0 Å². The van der Waals surface area contributed by atoms with E-state index >= 15 is 0 Å². The van der Waals surface area contributed by atoms with Crippen LogP contribution in [0.1, 0.15) is 511 Å². The van der Waals surface area contributed by atoms with Crippen LogP contribution in [0.3, 0.4) is 0 Å². The number of hydrogen-bond acceptors (Lipinski definition) is 16. The lowest BCUT2D eigenvalue weighted by molar-refractivity contribution is 0.453. The van der Waals surface area contributed by atoms with E-state index < -0.39 is 0 Å². The first kappa shape index (κ1) is 133. The fourth-order valence-electron chi connectivity index (χ4n) is 16.7. The van der Waals surface area contributed by atoms with Gasteiger partial charge in [0.05, 0.1) is 95.1 Å². The van der Waals surface area contributed by atoms with Gasteiger partial charge in [-0.2, -0.15) is 0 Å². The molecule has 0 aliphatic heterocycles. The molecule has 142 heavy (non-hydrogen) atoms. The molecule has 8 rings (SSSR count). The van der Waals surface area contributed by atoms with Crippen molar-refractivity contribution in [2.45, 2.75) is 569 Å². The minimum atomic E-state index is 0.636. The van der Waals surface area contributed by atoms with Crippen LogP contribution in [0.2, 0.25) is 0 Å². The first-order valence-electron chi connectivity index (χ1n) is 58.7. The van der Waals surface area contributed by atoms with Crippen molar-refractivity contribution in [3.63, 3.8) is 0 Å². The summed E-state index contributed by atoms with van der Waals surface area (Å²) >= 11 is 0. The Bertz CT molecular complexity index is 3710. The number of unbranched alkanes of at least 4 members (excludes halogenated alkanes) is 14. The van der Waals surface area contributed by atoms with Gasteiger partial charge < -0.3 is 0 Å². The lowest BCUT2D eigenvalue weighted by Crippen LogP contribution is -2.09. The van der Waals surface area contributed by atoms with E-state index in [4.69, 9.17) is 0 Å². The molecule has 24 nitrogen and oxygen atoms in total. The van der Waals surface area contributed by atoms with Crippen molar-refractivity contribution >= 4 is 0 Å². The van der Waals surface area contributed by atoms with E-state index in [1.165, 1.54) is 290 Å². The average molecular weight is 1980 g/mol. The molecule has 0 atom stereocenters. The first-order chi connectivity index (χ1) is 67.7. The molecule has 0 radical (unpaired) electrons. The van der Waals surface area contributed by atoms with Crippen LogP contribution in [0.4, 0.5) is 0 Å². The van der Waals surface area contributed by atoms with E-state index in [1.807, 2.05) is 49.6 Å². The molecule has 8 aromatic rings. The SMILES string of the molecule is CC(C)CCCCCCCc1cnnn1CCC(C)C.CC(C)CCCCCCCc1cnnn1CCC(C)C.CC(C)CCCCCc1cnnn1CC(C)C.CC(C)CCCCCc1cnnn1CC(C)C.CC(C)CCCCc1cnnn1CCC(C)C.CC(C)CCCCc1cnnn1CCC(C)C.CC(C)CCCc1cnnn1CCCC(C)C.CC(C)CCCc1cnnn1CCCC(C)C. The number of aromatic nitrogens is 24. The molecule has 820 valence electrons. The largest absolute Gasteiger partial charge is 0.249 e. The summed E-state index contributed by atoms with van der Waals surface area (Å²) in [6.45, 7) is 80.7. The average Bonchev–Trinajstić information content (AvgIpc) is 1.69. The quantitative estimate of drug-likeness (QED) is 0.0322. The normalized spacial score (nSPS) is 11.7. The van der Waals surface area contributed by atoms with Crippen LogP contribution in [-0.2, 0) is 104 Å². The highest BCUT2D eigenvalue weighted by Gasteiger charge is 2.15. The maximum Gasteiger partial charge on any atom is 0.0725 e. The maximum absolute atomic E-state index is 4.20. The van der Waals surface area contributed by atoms with Gasteiger partial charge in [0, 0.05) is 52.4 Å². The van der Waals surface area contributed by atoms with E-state index in [-0.39, 0.29) is 0 Å². The summed E-state index contributed by atoms with van der Waals surface area (Å²) in [7, 11) is 0. The lowest BCUT2D eigenvalue weighted by atomic mass is 10.0. The molecule has 0 aliphatic rings. The Balaban J connectivity index is 0.000000812. The topological polar surface area (TPSA) is 246 Å². The molecule has 0 aliphatic carbocycles. The monoisotopic (exact) mass is 1980 g/mol. The number of aryl methyl sites for hydroxylation is 14. The van der Waals surface area contributed by atoms with Crippen LogP contribution < -0.4 is 0 Å². The molecule has 0 saturated heterocycles. The fraction of sp³-hybridized carbons (Fsp3) is 0.864. The third-order valence-electron chi connectivity index (χ3n) is 25.9. The van der Waals surface area contributed by atoms with E-state index in [0.29, 0.717) is 11.8 Å². The van der Waals surface area contributed by atoms with Gasteiger partial charge in [-0.15, -0.1) is 40.8 Å². The van der Waals surface area contributed by atoms with Crippen LogP contribution in [0.5, 0.6) is 0 Å². The zero-order valence-electron chi connectivity index (χ0n) is 98.8.